The molecule has 1 aliphatic carbocycles. The van der Waals surface area contributed by atoms with Crippen LogP contribution in [0.2, 0.25) is 5.02 Å². The lowest BCUT2D eigenvalue weighted by molar-refractivity contribution is 0.298. The molecule has 3 atom stereocenters. The summed E-state index contributed by atoms with van der Waals surface area (Å²) >= 11 is 9.71. The molecule has 1 heterocycles. The highest BCUT2D eigenvalue weighted by molar-refractivity contribution is 9.10. The Balaban J connectivity index is 1.53. The second kappa shape index (κ2) is 6.35. The fourth-order valence-electron chi connectivity index (χ4n) is 3.79. The molecule has 3 rings (SSSR count). The highest BCUT2D eigenvalue weighted by Gasteiger charge is 2.35. The van der Waals surface area contributed by atoms with E-state index in [0.29, 0.717) is 0 Å². The van der Waals surface area contributed by atoms with Crippen molar-refractivity contribution in [1.29, 1.82) is 0 Å². The molecule has 0 spiro atoms. The Morgan fingerprint density at radius 2 is 2.00 bits per heavy atom. The second-order valence-corrected chi connectivity index (χ2v) is 7.59. The van der Waals surface area contributed by atoms with Gasteiger partial charge in [-0.25, -0.2) is 0 Å². The first kappa shape index (κ1) is 14.8. The van der Waals surface area contributed by atoms with Crippen molar-refractivity contribution in [2.24, 2.45) is 17.6 Å². The number of hydrogen-bond acceptors (Lipinski definition) is 2. The Labute approximate surface area is 134 Å². The third-order valence-corrected chi connectivity index (χ3v) is 5.74. The number of fused-ring (bicyclic) bond motifs is 1. The molecule has 1 saturated carbocycles. The van der Waals surface area contributed by atoms with Crippen LogP contribution in [-0.4, -0.2) is 24.5 Å². The van der Waals surface area contributed by atoms with Gasteiger partial charge in [0.1, 0.15) is 0 Å². The van der Waals surface area contributed by atoms with E-state index in [9.17, 15) is 0 Å². The average Bonchev–Trinajstić information content (AvgIpc) is 2.96. The van der Waals surface area contributed by atoms with Gasteiger partial charge in [-0.1, -0.05) is 40.0 Å². The van der Waals surface area contributed by atoms with Crippen LogP contribution in [0.4, 0.5) is 0 Å². The number of rotatable bonds is 4. The third kappa shape index (κ3) is 3.22. The molecule has 2 N–H and O–H groups in total. The molecule has 4 heteroatoms. The van der Waals surface area contributed by atoms with Crippen molar-refractivity contribution >= 4 is 27.5 Å². The van der Waals surface area contributed by atoms with E-state index in [2.05, 4.69) is 20.8 Å². The van der Waals surface area contributed by atoms with Gasteiger partial charge in [0.2, 0.25) is 0 Å². The van der Waals surface area contributed by atoms with Gasteiger partial charge in [0, 0.05) is 28.6 Å². The molecule has 0 radical (unpaired) electrons. The lowest BCUT2D eigenvalue weighted by Crippen LogP contribution is -2.26. The molecule has 20 heavy (non-hydrogen) atoms. The van der Waals surface area contributed by atoms with Crippen LogP contribution in [0.3, 0.4) is 0 Å². The summed E-state index contributed by atoms with van der Waals surface area (Å²) in [6.07, 6.45) is 5.30. The summed E-state index contributed by atoms with van der Waals surface area (Å²) in [6.45, 7) is 3.66. The first-order valence-corrected chi connectivity index (χ1v) is 8.73. The van der Waals surface area contributed by atoms with Gasteiger partial charge in [0.15, 0.2) is 0 Å². The number of likely N-dealkylation sites (tertiary alicyclic amines) is 1. The molecule has 0 bridgehead atoms. The minimum absolute atomic E-state index is 0.0380. The van der Waals surface area contributed by atoms with Crippen molar-refractivity contribution in [1.82, 2.24) is 4.90 Å². The quantitative estimate of drug-likeness (QED) is 0.874. The Morgan fingerprint density at radius 3 is 2.65 bits per heavy atom. The third-order valence-electron chi connectivity index (χ3n) is 4.92. The van der Waals surface area contributed by atoms with E-state index in [1.165, 1.54) is 32.4 Å². The average molecular weight is 358 g/mol. The van der Waals surface area contributed by atoms with Crippen LogP contribution in [0.5, 0.6) is 0 Å². The van der Waals surface area contributed by atoms with Gasteiger partial charge < -0.3 is 10.6 Å². The molecule has 2 aliphatic rings. The Hall–Kier alpha value is -0.0900. The van der Waals surface area contributed by atoms with Crippen LogP contribution in [0, 0.1) is 11.8 Å². The zero-order valence-electron chi connectivity index (χ0n) is 11.7. The van der Waals surface area contributed by atoms with Crippen LogP contribution in [0.15, 0.2) is 22.7 Å². The first-order valence-electron chi connectivity index (χ1n) is 7.56. The van der Waals surface area contributed by atoms with Gasteiger partial charge in [-0.15, -0.1) is 0 Å². The van der Waals surface area contributed by atoms with Gasteiger partial charge in [-0.2, -0.15) is 0 Å². The van der Waals surface area contributed by atoms with E-state index in [-0.39, 0.29) is 6.04 Å². The zero-order valence-corrected chi connectivity index (χ0v) is 14.0. The molecule has 2 fully saturated rings. The van der Waals surface area contributed by atoms with E-state index < -0.39 is 0 Å². The zero-order chi connectivity index (χ0) is 14.1. The maximum atomic E-state index is 6.31. The molecule has 1 aromatic rings. The maximum Gasteiger partial charge on any atom is 0.0464 e. The Morgan fingerprint density at radius 1 is 1.30 bits per heavy atom. The van der Waals surface area contributed by atoms with Crippen molar-refractivity contribution < 1.29 is 0 Å². The van der Waals surface area contributed by atoms with Crippen LogP contribution in [0.1, 0.15) is 37.3 Å². The fourth-order valence-corrected chi connectivity index (χ4v) is 4.61. The van der Waals surface area contributed by atoms with Crippen LogP contribution in [0.25, 0.3) is 0 Å². The Bertz CT molecular complexity index is 468. The van der Waals surface area contributed by atoms with Crippen LogP contribution in [-0.2, 0) is 0 Å². The predicted molar refractivity (Wildman–Crippen MR) is 88.0 cm³/mol. The Kier molecular flexibility index (Phi) is 4.71. The molecular weight excluding hydrogens is 336 g/mol. The van der Waals surface area contributed by atoms with Crippen molar-refractivity contribution in [3.05, 3.63) is 33.3 Å². The molecule has 1 aromatic carbocycles. The van der Waals surface area contributed by atoms with Crippen molar-refractivity contribution in [2.45, 2.75) is 31.7 Å². The number of nitrogens with zero attached hydrogens (tertiary/aromatic N) is 1. The van der Waals surface area contributed by atoms with E-state index in [1.807, 2.05) is 18.2 Å². The summed E-state index contributed by atoms with van der Waals surface area (Å²) in [5.41, 5.74) is 7.38. The summed E-state index contributed by atoms with van der Waals surface area (Å²) in [5, 5.41) is 0.769. The minimum atomic E-state index is 0.0380. The number of halogens is 2. The molecule has 1 aliphatic heterocycles. The van der Waals surface area contributed by atoms with Gasteiger partial charge in [-0.05, 0) is 55.3 Å². The van der Waals surface area contributed by atoms with Gasteiger partial charge >= 0.3 is 0 Å². The summed E-state index contributed by atoms with van der Waals surface area (Å²) in [4.78, 5) is 2.60. The van der Waals surface area contributed by atoms with Crippen LogP contribution >= 0.6 is 27.5 Å². The fraction of sp³-hybridized carbons (Fsp3) is 0.625. The van der Waals surface area contributed by atoms with Crippen molar-refractivity contribution in [2.75, 3.05) is 19.6 Å². The highest BCUT2D eigenvalue weighted by Crippen LogP contribution is 2.38. The van der Waals surface area contributed by atoms with Gasteiger partial charge in [0.05, 0.1) is 0 Å². The first-order chi connectivity index (χ1) is 9.63. The topological polar surface area (TPSA) is 29.3 Å². The number of hydrogen-bond donors (Lipinski definition) is 1. The highest BCUT2D eigenvalue weighted by atomic mass is 79.9. The second-order valence-electron chi connectivity index (χ2n) is 6.27. The molecular formula is C16H22BrClN2. The lowest BCUT2D eigenvalue weighted by atomic mass is 10.0. The summed E-state index contributed by atoms with van der Waals surface area (Å²) in [6, 6.07) is 6.02. The van der Waals surface area contributed by atoms with E-state index in [0.717, 1.165) is 39.9 Å². The van der Waals surface area contributed by atoms with Crippen LogP contribution < -0.4 is 5.73 Å². The normalized spacial score (nSPS) is 27.8. The minimum Gasteiger partial charge on any atom is -0.324 e. The molecule has 3 unspecified atom stereocenters. The molecule has 0 aromatic heterocycles. The predicted octanol–water partition coefficient (Wildman–Crippen LogP) is 4.22. The maximum absolute atomic E-state index is 6.31. The number of nitrogens with two attached hydrogens (primary N) is 1. The SMILES string of the molecule is NC(CCN1CC2CCCC2C1)c1ccc(Br)cc1Cl. The molecule has 0 amide bonds. The monoisotopic (exact) mass is 356 g/mol. The lowest BCUT2D eigenvalue weighted by Gasteiger charge is -2.20. The van der Waals surface area contributed by atoms with Gasteiger partial charge in [-0.3, -0.25) is 0 Å². The van der Waals surface area contributed by atoms with E-state index in [4.69, 9.17) is 17.3 Å². The standard InChI is InChI=1S/C16H22BrClN2/c17-13-4-5-14(15(18)8-13)16(19)6-7-20-9-11-2-1-3-12(11)10-20/h4-5,8,11-12,16H,1-3,6-7,9-10,19H2. The summed E-state index contributed by atoms with van der Waals surface area (Å²) in [5.74, 6) is 1.92. The van der Waals surface area contributed by atoms with E-state index >= 15 is 0 Å². The van der Waals surface area contributed by atoms with Crippen molar-refractivity contribution in [3.63, 3.8) is 0 Å². The summed E-state index contributed by atoms with van der Waals surface area (Å²) in [7, 11) is 0. The largest absolute Gasteiger partial charge is 0.324 e. The van der Waals surface area contributed by atoms with E-state index in [1.54, 1.807) is 0 Å². The summed E-state index contributed by atoms with van der Waals surface area (Å²) < 4.78 is 1.01. The molecule has 1 saturated heterocycles. The molecule has 2 nitrogen and oxygen atoms in total. The smallest absolute Gasteiger partial charge is 0.0464 e. The van der Waals surface area contributed by atoms with Gasteiger partial charge in [0.25, 0.3) is 0 Å². The number of benzene rings is 1. The molecule has 110 valence electrons. The van der Waals surface area contributed by atoms with Crippen molar-refractivity contribution in [3.8, 4) is 0 Å².